The molecule has 2 amide bonds. The SMILES string of the molecule is CC(=O)N[C@@H](C=O)CCC(N)=O. The highest BCUT2D eigenvalue weighted by atomic mass is 16.2. The number of primary amides is 1. The summed E-state index contributed by atoms with van der Waals surface area (Å²) in [7, 11) is 0. The van der Waals surface area contributed by atoms with Crippen molar-refractivity contribution in [2.24, 2.45) is 5.73 Å². The molecule has 0 aliphatic heterocycles. The molecule has 0 aromatic rings. The maximum absolute atomic E-state index is 10.5. The second kappa shape index (κ2) is 5.29. The highest BCUT2D eigenvalue weighted by Crippen LogP contribution is 1.93. The normalized spacial score (nSPS) is 11.8. The fourth-order valence-corrected chi connectivity index (χ4v) is 0.733. The second-order valence-electron chi connectivity index (χ2n) is 2.45. The average Bonchev–Trinajstić information content (AvgIpc) is 1.97. The van der Waals surface area contributed by atoms with Crippen LogP contribution in [0.3, 0.4) is 0 Å². The molecular weight excluding hydrogens is 160 g/mol. The van der Waals surface area contributed by atoms with Crippen molar-refractivity contribution in [1.82, 2.24) is 5.32 Å². The zero-order valence-electron chi connectivity index (χ0n) is 6.87. The summed E-state index contributed by atoms with van der Waals surface area (Å²) < 4.78 is 0. The molecule has 5 nitrogen and oxygen atoms in total. The standard InChI is InChI=1S/C7H12N2O3/c1-5(11)9-6(4-10)2-3-7(8)12/h4,6H,2-3H2,1H3,(H2,8,12)(H,9,11)/t6-/m1/s1. The van der Waals surface area contributed by atoms with Crippen molar-refractivity contribution in [3.05, 3.63) is 0 Å². The first-order valence-corrected chi connectivity index (χ1v) is 3.57. The van der Waals surface area contributed by atoms with Gasteiger partial charge in [-0.05, 0) is 6.42 Å². The molecule has 0 aromatic heterocycles. The maximum atomic E-state index is 10.5. The molecule has 68 valence electrons. The predicted molar refractivity (Wildman–Crippen MR) is 42.1 cm³/mol. The summed E-state index contributed by atoms with van der Waals surface area (Å²) in [6.45, 7) is 1.31. The minimum absolute atomic E-state index is 0.101. The van der Waals surface area contributed by atoms with Crippen LogP contribution in [0.5, 0.6) is 0 Å². The largest absolute Gasteiger partial charge is 0.370 e. The molecule has 0 fully saturated rings. The fourth-order valence-electron chi connectivity index (χ4n) is 0.733. The van der Waals surface area contributed by atoms with Crippen molar-refractivity contribution >= 4 is 18.1 Å². The summed E-state index contributed by atoms with van der Waals surface area (Å²) >= 11 is 0. The Morgan fingerprint density at radius 3 is 2.50 bits per heavy atom. The topological polar surface area (TPSA) is 89.3 Å². The van der Waals surface area contributed by atoms with Crippen LogP contribution in [0, 0.1) is 0 Å². The molecule has 0 heterocycles. The summed E-state index contributed by atoms with van der Waals surface area (Å²) in [5.41, 5.74) is 4.86. The van der Waals surface area contributed by atoms with Gasteiger partial charge in [0.05, 0.1) is 6.04 Å². The Morgan fingerprint density at radius 1 is 1.58 bits per heavy atom. The molecule has 0 saturated carbocycles. The van der Waals surface area contributed by atoms with Crippen molar-refractivity contribution in [2.45, 2.75) is 25.8 Å². The Labute approximate surface area is 70.3 Å². The van der Waals surface area contributed by atoms with Crippen LogP contribution in [0.1, 0.15) is 19.8 Å². The van der Waals surface area contributed by atoms with Crippen LogP contribution in [0.25, 0.3) is 0 Å². The fraction of sp³-hybridized carbons (Fsp3) is 0.571. The van der Waals surface area contributed by atoms with Crippen molar-refractivity contribution in [3.8, 4) is 0 Å². The van der Waals surface area contributed by atoms with Crippen molar-refractivity contribution < 1.29 is 14.4 Å². The van der Waals surface area contributed by atoms with Gasteiger partial charge >= 0.3 is 0 Å². The Balaban J connectivity index is 3.75. The third-order valence-corrected chi connectivity index (χ3v) is 1.25. The lowest BCUT2D eigenvalue weighted by Crippen LogP contribution is -2.35. The number of hydrogen-bond acceptors (Lipinski definition) is 3. The number of nitrogens with two attached hydrogens (primary N) is 1. The molecule has 0 unspecified atom stereocenters. The van der Waals surface area contributed by atoms with E-state index < -0.39 is 11.9 Å². The highest BCUT2D eigenvalue weighted by molar-refractivity contribution is 5.78. The van der Waals surface area contributed by atoms with E-state index in [2.05, 4.69) is 5.32 Å². The van der Waals surface area contributed by atoms with Gasteiger partial charge in [-0.1, -0.05) is 0 Å². The Hall–Kier alpha value is -1.39. The molecule has 0 radical (unpaired) electrons. The number of nitrogens with one attached hydrogen (secondary N) is 1. The third-order valence-electron chi connectivity index (χ3n) is 1.25. The lowest BCUT2D eigenvalue weighted by atomic mass is 10.2. The van der Waals surface area contributed by atoms with Gasteiger partial charge in [-0.3, -0.25) is 9.59 Å². The van der Waals surface area contributed by atoms with E-state index in [4.69, 9.17) is 5.73 Å². The lowest BCUT2D eigenvalue weighted by Gasteiger charge is -2.08. The maximum Gasteiger partial charge on any atom is 0.217 e. The number of amides is 2. The van der Waals surface area contributed by atoms with Gasteiger partial charge in [-0.2, -0.15) is 0 Å². The third kappa shape index (κ3) is 5.40. The van der Waals surface area contributed by atoms with Gasteiger partial charge in [0, 0.05) is 13.3 Å². The monoisotopic (exact) mass is 172 g/mol. The first-order valence-electron chi connectivity index (χ1n) is 3.57. The van der Waals surface area contributed by atoms with Crippen LogP contribution in [0.15, 0.2) is 0 Å². The van der Waals surface area contributed by atoms with Gasteiger partial charge in [0.2, 0.25) is 11.8 Å². The molecule has 1 atom stereocenters. The van der Waals surface area contributed by atoms with E-state index in [0.717, 1.165) is 0 Å². The number of carbonyl (C=O) groups excluding carboxylic acids is 3. The molecule has 0 bridgehead atoms. The first kappa shape index (κ1) is 10.6. The van der Waals surface area contributed by atoms with Crippen LogP contribution in [0.2, 0.25) is 0 Å². The van der Waals surface area contributed by atoms with E-state index in [1.807, 2.05) is 0 Å². The summed E-state index contributed by atoms with van der Waals surface area (Å²) in [5, 5.41) is 2.37. The number of rotatable bonds is 5. The molecule has 5 heteroatoms. The number of carbonyl (C=O) groups is 3. The molecule has 0 saturated heterocycles. The minimum Gasteiger partial charge on any atom is -0.370 e. The number of aldehydes is 1. The van der Waals surface area contributed by atoms with E-state index in [-0.39, 0.29) is 18.7 Å². The Bertz CT molecular complexity index is 191. The molecule has 0 aliphatic carbocycles. The van der Waals surface area contributed by atoms with Crippen molar-refractivity contribution in [3.63, 3.8) is 0 Å². The van der Waals surface area contributed by atoms with Gasteiger partial charge in [-0.15, -0.1) is 0 Å². The smallest absolute Gasteiger partial charge is 0.217 e. The van der Waals surface area contributed by atoms with Crippen molar-refractivity contribution in [2.75, 3.05) is 0 Å². The quantitative estimate of drug-likeness (QED) is 0.519. The van der Waals surface area contributed by atoms with Gasteiger partial charge in [0.1, 0.15) is 6.29 Å². The molecule has 3 N–H and O–H groups in total. The minimum atomic E-state index is -0.602. The molecule has 0 spiro atoms. The molecule has 0 rings (SSSR count). The average molecular weight is 172 g/mol. The Morgan fingerprint density at radius 2 is 2.17 bits per heavy atom. The van der Waals surface area contributed by atoms with Crippen LogP contribution in [-0.2, 0) is 14.4 Å². The van der Waals surface area contributed by atoms with E-state index in [0.29, 0.717) is 6.29 Å². The van der Waals surface area contributed by atoms with Gasteiger partial charge < -0.3 is 15.8 Å². The summed E-state index contributed by atoms with van der Waals surface area (Å²) in [4.78, 5) is 31.1. The summed E-state index contributed by atoms with van der Waals surface area (Å²) in [5.74, 6) is -0.774. The summed E-state index contributed by atoms with van der Waals surface area (Å²) in [6, 6.07) is -0.602. The van der Waals surface area contributed by atoms with Crippen LogP contribution in [-0.4, -0.2) is 24.1 Å². The van der Waals surface area contributed by atoms with Gasteiger partial charge in [0.25, 0.3) is 0 Å². The van der Waals surface area contributed by atoms with Gasteiger partial charge in [0.15, 0.2) is 0 Å². The van der Waals surface area contributed by atoms with Crippen LogP contribution in [0.4, 0.5) is 0 Å². The highest BCUT2D eigenvalue weighted by Gasteiger charge is 2.08. The second-order valence-corrected chi connectivity index (χ2v) is 2.45. The number of hydrogen-bond donors (Lipinski definition) is 2. The Kier molecular flexibility index (Phi) is 4.67. The van der Waals surface area contributed by atoms with E-state index in [1.54, 1.807) is 0 Å². The predicted octanol–water partition coefficient (Wildman–Crippen LogP) is -1.04. The first-order chi connectivity index (χ1) is 5.56. The van der Waals surface area contributed by atoms with E-state index >= 15 is 0 Å². The van der Waals surface area contributed by atoms with Crippen LogP contribution >= 0.6 is 0 Å². The van der Waals surface area contributed by atoms with E-state index in [1.165, 1.54) is 6.92 Å². The molecule has 0 aromatic carbocycles. The van der Waals surface area contributed by atoms with Gasteiger partial charge in [-0.25, -0.2) is 0 Å². The zero-order valence-corrected chi connectivity index (χ0v) is 6.87. The summed E-state index contributed by atoms with van der Waals surface area (Å²) in [6.07, 6.45) is 0.951. The molecule has 0 aliphatic rings. The lowest BCUT2D eigenvalue weighted by molar-refractivity contribution is -0.123. The van der Waals surface area contributed by atoms with Crippen LogP contribution < -0.4 is 11.1 Å². The van der Waals surface area contributed by atoms with Crippen molar-refractivity contribution in [1.29, 1.82) is 0 Å². The van der Waals surface area contributed by atoms with E-state index in [9.17, 15) is 14.4 Å². The zero-order chi connectivity index (χ0) is 9.56. The molecule has 12 heavy (non-hydrogen) atoms. The molecular formula is C7H12N2O3.